The minimum absolute atomic E-state index is 0.183. The third kappa shape index (κ3) is 3.26. The van der Waals surface area contributed by atoms with Gasteiger partial charge in [0.25, 0.3) is 0 Å². The normalized spacial score (nSPS) is 10.9. The number of nitrogens with zero attached hydrogens (tertiary/aromatic N) is 1. The van der Waals surface area contributed by atoms with Crippen LogP contribution in [0, 0.1) is 6.92 Å². The molecule has 16 heavy (non-hydrogen) atoms. The van der Waals surface area contributed by atoms with Crippen LogP contribution >= 0.6 is 0 Å². The largest absolute Gasteiger partial charge is 0.419 e. The maximum Gasteiger partial charge on any atom is 0.419 e. The molecule has 0 aliphatic rings. The lowest BCUT2D eigenvalue weighted by atomic mass is 10.1. The van der Waals surface area contributed by atoms with Gasteiger partial charge < -0.3 is 4.42 Å². The second-order valence-electron chi connectivity index (χ2n) is 4.34. The van der Waals surface area contributed by atoms with E-state index < -0.39 is 0 Å². The van der Waals surface area contributed by atoms with E-state index in [9.17, 15) is 4.79 Å². The first-order valence-electron chi connectivity index (χ1n) is 6.39. The zero-order chi connectivity index (χ0) is 12.0. The second-order valence-corrected chi connectivity index (χ2v) is 4.34. The van der Waals surface area contributed by atoms with Crippen LogP contribution in [0.4, 0.5) is 0 Å². The standard InChI is InChI=1S/C13H23NO2/c1-4-6-8-9-12-11(3)14(10-7-5-2)13(15)16-12/h4-10H2,1-3H3. The fraction of sp³-hybridized carbons (Fsp3) is 0.769. The lowest BCUT2D eigenvalue weighted by Gasteiger charge is -2.02. The van der Waals surface area contributed by atoms with Crippen LogP contribution in [0.1, 0.15) is 57.4 Å². The monoisotopic (exact) mass is 225 g/mol. The Hall–Kier alpha value is -0.990. The van der Waals surface area contributed by atoms with E-state index in [1.54, 1.807) is 4.57 Å². The summed E-state index contributed by atoms with van der Waals surface area (Å²) >= 11 is 0. The van der Waals surface area contributed by atoms with Crippen LogP contribution in [0.2, 0.25) is 0 Å². The van der Waals surface area contributed by atoms with Crippen LogP contribution in [0.5, 0.6) is 0 Å². The molecule has 0 spiro atoms. The summed E-state index contributed by atoms with van der Waals surface area (Å²) in [5, 5.41) is 0. The highest BCUT2D eigenvalue weighted by atomic mass is 16.4. The van der Waals surface area contributed by atoms with Crippen molar-refractivity contribution in [3.8, 4) is 0 Å². The Morgan fingerprint density at radius 1 is 1.12 bits per heavy atom. The van der Waals surface area contributed by atoms with Gasteiger partial charge in [0.1, 0.15) is 5.76 Å². The van der Waals surface area contributed by atoms with Gasteiger partial charge in [-0.05, 0) is 19.8 Å². The van der Waals surface area contributed by atoms with Crippen molar-refractivity contribution in [3.63, 3.8) is 0 Å². The van der Waals surface area contributed by atoms with E-state index in [1.165, 1.54) is 12.8 Å². The molecule has 0 aliphatic carbocycles. The Kier molecular flexibility index (Phi) is 5.36. The number of hydrogen-bond acceptors (Lipinski definition) is 2. The molecule has 0 aromatic carbocycles. The Morgan fingerprint density at radius 3 is 2.44 bits per heavy atom. The highest BCUT2D eigenvalue weighted by molar-refractivity contribution is 5.07. The molecule has 3 heteroatoms. The summed E-state index contributed by atoms with van der Waals surface area (Å²) in [6, 6.07) is 0. The third-order valence-electron chi connectivity index (χ3n) is 2.98. The van der Waals surface area contributed by atoms with Gasteiger partial charge in [-0.15, -0.1) is 0 Å². The molecule has 3 nitrogen and oxygen atoms in total. The van der Waals surface area contributed by atoms with Gasteiger partial charge in [0.2, 0.25) is 0 Å². The van der Waals surface area contributed by atoms with Crippen LogP contribution < -0.4 is 5.76 Å². The molecule has 0 aliphatic heterocycles. The molecule has 1 aromatic heterocycles. The van der Waals surface area contributed by atoms with Gasteiger partial charge in [0.05, 0.1) is 5.69 Å². The zero-order valence-electron chi connectivity index (χ0n) is 10.7. The topological polar surface area (TPSA) is 35.1 Å². The van der Waals surface area contributed by atoms with Crippen LogP contribution in [-0.2, 0) is 13.0 Å². The number of unbranched alkanes of at least 4 members (excludes halogenated alkanes) is 3. The van der Waals surface area contributed by atoms with Crippen molar-refractivity contribution >= 4 is 0 Å². The van der Waals surface area contributed by atoms with Crippen molar-refractivity contribution in [3.05, 3.63) is 22.0 Å². The summed E-state index contributed by atoms with van der Waals surface area (Å²) in [5.41, 5.74) is 1.02. The highest BCUT2D eigenvalue weighted by Crippen LogP contribution is 2.11. The predicted octanol–water partition coefficient (Wildman–Crippen LogP) is 3.28. The van der Waals surface area contributed by atoms with Crippen LogP contribution in [0.15, 0.2) is 9.21 Å². The molecule has 0 fully saturated rings. The molecular formula is C13H23NO2. The van der Waals surface area contributed by atoms with E-state index in [1.807, 2.05) is 6.92 Å². The van der Waals surface area contributed by atoms with Crippen LogP contribution in [0.25, 0.3) is 0 Å². The third-order valence-corrected chi connectivity index (χ3v) is 2.98. The number of aromatic nitrogens is 1. The van der Waals surface area contributed by atoms with Crippen molar-refractivity contribution in [2.45, 2.75) is 65.8 Å². The summed E-state index contributed by atoms with van der Waals surface area (Å²) < 4.78 is 7.07. The summed E-state index contributed by atoms with van der Waals surface area (Å²) in [6.45, 7) is 7.08. The summed E-state index contributed by atoms with van der Waals surface area (Å²) in [6.07, 6.45) is 6.53. The fourth-order valence-electron chi connectivity index (χ4n) is 1.86. The van der Waals surface area contributed by atoms with Gasteiger partial charge in [-0.2, -0.15) is 0 Å². The van der Waals surface area contributed by atoms with Crippen LogP contribution in [-0.4, -0.2) is 4.57 Å². The van der Waals surface area contributed by atoms with Crippen molar-refractivity contribution < 1.29 is 4.42 Å². The first kappa shape index (κ1) is 13.1. The number of rotatable bonds is 7. The van der Waals surface area contributed by atoms with Crippen LogP contribution in [0.3, 0.4) is 0 Å². The van der Waals surface area contributed by atoms with E-state index in [-0.39, 0.29) is 5.76 Å². The van der Waals surface area contributed by atoms with E-state index in [0.717, 1.165) is 43.7 Å². The van der Waals surface area contributed by atoms with Gasteiger partial charge in [-0.3, -0.25) is 4.57 Å². The minimum atomic E-state index is -0.183. The molecule has 0 atom stereocenters. The molecule has 0 bridgehead atoms. The molecule has 0 unspecified atom stereocenters. The minimum Gasteiger partial charge on any atom is -0.413 e. The van der Waals surface area contributed by atoms with E-state index in [4.69, 9.17) is 4.42 Å². The number of oxazole rings is 1. The fourth-order valence-corrected chi connectivity index (χ4v) is 1.86. The Labute approximate surface area is 97.5 Å². The smallest absolute Gasteiger partial charge is 0.413 e. The van der Waals surface area contributed by atoms with Gasteiger partial charge in [0.15, 0.2) is 0 Å². The quantitative estimate of drug-likeness (QED) is 0.667. The molecule has 0 radical (unpaired) electrons. The molecular weight excluding hydrogens is 202 g/mol. The Bertz CT molecular complexity index is 362. The molecule has 1 aromatic rings. The Balaban J connectivity index is 2.68. The molecule has 0 saturated heterocycles. The maximum absolute atomic E-state index is 11.6. The summed E-state index contributed by atoms with van der Waals surface area (Å²) in [5.74, 6) is 0.701. The molecule has 1 rings (SSSR count). The Morgan fingerprint density at radius 2 is 1.81 bits per heavy atom. The van der Waals surface area contributed by atoms with Crippen molar-refractivity contribution in [1.29, 1.82) is 0 Å². The molecule has 0 saturated carbocycles. The zero-order valence-corrected chi connectivity index (χ0v) is 10.7. The predicted molar refractivity (Wildman–Crippen MR) is 65.8 cm³/mol. The molecule has 0 amide bonds. The lowest BCUT2D eigenvalue weighted by molar-refractivity contribution is 0.436. The summed E-state index contributed by atoms with van der Waals surface area (Å²) in [4.78, 5) is 11.6. The van der Waals surface area contributed by atoms with Crippen molar-refractivity contribution in [2.24, 2.45) is 0 Å². The van der Waals surface area contributed by atoms with Gasteiger partial charge >= 0.3 is 5.76 Å². The molecule has 0 N–H and O–H groups in total. The number of aryl methyl sites for hydroxylation is 1. The maximum atomic E-state index is 11.6. The number of hydrogen-bond donors (Lipinski definition) is 0. The molecule has 1 heterocycles. The van der Waals surface area contributed by atoms with Gasteiger partial charge in [-0.1, -0.05) is 33.1 Å². The summed E-state index contributed by atoms with van der Waals surface area (Å²) in [7, 11) is 0. The molecule has 92 valence electrons. The first-order chi connectivity index (χ1) is 7.70. The first-order valence-corrected chi connectivity index (χ1v) is 6.39. The SMILES string of the molecule is CCCCCc1oc(=O)n(CCCC)c1C. The highest BCUT2D eigenvalue weighted by Gasteiger charge is 2.11. The van der Waals surface area contributed by atoms with Crippen molar-refractivity contribution in [2.75, 3.05) is 0 Å². The van der Waals surface area contributed by atoms with E-state index in [0.29, 0.717) is 0 Å². The average molecular weight is 225 g/mol. The lowest BCUT2D eigenvalue weighted by Crippen LogP contribution is -2.15. The van der Waals surface area contributed by atoms with Gasteiger partial charge in [0, 0.05) is 13.0 Å². The van der Waals surface area contributed by atoms with Gasteiger partial charge in [-0.25, -0.2) is 4.79 Å². The average Bonchev–Trinajstić information content (AvgIpc) is 2.53. The second kappa shape index (κ2) is 6.56. The van der Waals surface area contributed by atoms with E-state index in [2.05, 4.69) is 13.8 Å². The van der Waals surface area contributed by atoms with E-state index >= 15 is 0 Å². The van der Waals surface area contributed by atoms with Crippen molar-refractivity contribution in [1.82, 2.24) is 4.57 Å².